The van der Waals surface area contributed by atoms with E-state index in [4.69, 9.17) is 0 Å². The van der Waals surface area contributed by atoms with E-state index in [1.165, 1.54) is 101 Å². The lowest BCUT2D eigenvalue weighted by molar-refractivity contribution is -0.928. The van der Waals surface area contributed by atoms with Crippen LogP contribution >= 0.6 is 0 Å². The van der Waals surface area contributed by atoms with Gasteiger partial charge in [0.15, 0.2) is 0 Å². The Balaban J connectivity index is 0. The van der Waals surface area contributed by atoms with Gasteiger partial charge in [-0.25, -0.2) is 0 Å². The van der Waals surface area contributed by atoms with E-state index >= 15 is 0 Å². The lowest BCUT2D eigenvalue weighted by Gasteiger charge is -2.38. The van der Waals surface area contributed by atoms with E-state index in [0.717, 1.165) is 0 Å². The maximum Gasteiger partial charge on any atom is 0.0786 e. The van der Waals surface area contributed by atoms with Crippen LogP contribution in [0.5, 0.6) is 0 Å². The summed E-state index contributed by atoms with van der Waals surface area (Å²) in [5.41, 5.74) is 0. The Labute approximate surface area is 141 Å². The van der Waals surface area contributed by atoms with Gasteiger partial charge in [-0.15, -0.1) is 0 Å². The number of quaternary nitrogens is 1. The lowest BCUT2D eigenvalue weighted by Crippen LogP contribution is -3.00. The molecule has 21 heavy (non-hydrogen) atoms. The zero-order valence-electron chi connectivity index (χ0n) is 15.4. The zero-order valence-corrected chi connectivity index (χ0v) is 16.2. The highest BCUT2D eigenvalue weighted by Gasteiger charge is 2.23. The Morgan fingerprint density at radius 2 is 0.810 bits per heavy atom. The molecule has 0 atom stereocenters. The summed E-state index contributed by atoms with van der Waals surface area (Å²) in [5, 5.41) is 0. The summed E-state index contributed by atoms with van der Waals surface area (Å²) in [5.74, 6) is 0. The number of hydrogen-bond acceptors (Lipinski definition) is 0. The van der Waals surface area contributed by atoms with Crippen molar-refractivity contribution >= 4 is 0 Å². The summed E-state index contributed by atoms with van der Waals surface area (Å²) >= 11 is 0. The van der Waals surface area contributed by atoms with Crippen LogP contribution < -0.4 is 12.4 Å². The molecule has 0 saturated carbocycles. The average molecular weight is 320 g/mol. The Morgan fingerprint density at radius 3 is 1.19 bits per heavy atom. The van der Waals surface area contributed by atoms with Crippen molar-refractivity contribution in [3.05, 3.63) is 0 Å². The summed E-state index contributed by atoms with van der Waals surface area (Å²) in [6.45, 7) is 15.0. The van der Waals surface area contributed by atoms with E-state index in [-0.39, 0.29) is 12.4 Å². The summed E-state index contributed by atoms with van der Waals surface area (Å²) in [4.78, 5) is 0. The molecule has 0 heterocycles. The Hall–Kier alpha value is 0.250. The number of rotatable bonds is 15. The van der Waals surface area contributed by atoms with Gasteiger partial charge in [0.25, 0.3) is 0 Å². The number of nitrogens with zero attached hydrogens (tertiary/aromatic N) is 1. The van der Waals surface area contributed by atoms with E-state index in [9.17, 15) is 0 Å². The van der Waals surface area contributed by atoms with Gasteiger partial charge in [0.2, 0.25) is 0 Å². The van der Waals surface area contributed by atoms with Gasteiger partial charge in [-0.1, -0.05) is 66.2 Å². The van der Waals surface area contributed by atoms with E-state index in [2.05, 4.69) is 27.7 Å². The molecule has 130 valence electrons. The molecule has 0 unspecified atom stereocenters. The summed E-state index contributed by atoms with van der Waals surface area (Å²) < 4.78 is 1.40. The standard InChI is InChI=1S/C19H42N.ClH/c1-5-9-10-11-12-13-14-15-19-20(16-6-2,17-7-3)18-8-4;/h5-19H2,1-4H3;1H/q+1;/p-1. The second-order valence-electron chi connectivity index (χ2n) is 6.71. The summed E-state index contributed by atoms with van der Waals surface area (Å²) in [6, 6.07) is 0. The molecular formula is C19H42ClN. The third-order valence-corrected chi connectivity index (χ3v) is 4.58. The molecule has 0 aromatic heterocycles. The Morgan fingerprint density at radius 1 is 0.429 bits per heavy atom. The highest BCUT2D eigenvalue weighted by molar-refractivity contribution is 4.49. The normalized spacial score (nSPS) is 11.4. The second kappa shape index (κ2) is 16.6. The third kappa shape index (κ3) is 12.5. The van der Waals surface area contributed by atoms with Crippen LogP contribution in [0.25, 0.3) is 0 Å². The predicted octanol–water partition coefficient (Wildman–Crippen LogP) is 3.18. The lowest BCUT2D eigenvalue weighted by atomic mass is 10.1. The minimum atomic E-state index is 0. The fourth-order valence-electron chi connectivity index (χ4n) is 3.67. The molecule has 0 aromatic rings. The molecule has 0 aliphatic rings. The largest absolute Gasteiger partial charge is 1.00 e. The SMILES string of the molecule is CCCCCCCCCC[N+](CCC)(CCC)CCC.[Cl-]. The first-order chi connectivity index (χ1) is 9.74. The number of hydrogen-bond donors (Lipinski definition) is 0. The highest BCUT2D eigenvalue weighted by Crippen LogP contribution is 2.15. The fraction of sp³-hybridized carbons (Fsp3) is 1.00. The van der Waals surface area contributed by atoms with Gasteiger partial charge >= 0.3 is 0 Å². The zero-order chi connectivity index (χ0) is 15.1. The van der Waals surface area contributed by atoms with Gasteiger partial charge in [-0.3, -0.25) is 0 Å². The van der Waals surface area contributed by atoms with Crippen molar-refractivity contribution in [3.63, 3.8) is 0 Å². The molecule has 0 aliphatic carbocycles. The van der Waals surface area contributed by atoms with Crippen LogP contribution in [0.2, 0.25) is 0 Å². The molecule has 0 saturated heterocycles. The molecular weight excluding hydrogens is 278 g/mol. The fourth-order valence-corrected chi connectivity index (χ4v) is 3.67. The van der Waals surface area contributed by atoms with Crippen LogP contribution in [0.1, 0.15) is 98.3 Å². The molecule has 0 fully saturated rings. The second-order valence-corrected chi connectivity index (χ2v) is 6.71. The number of unbranched alkanes of at least 4 members (excludes halogenated alkanes) is 7. The molecule has 0 amide bonds. The number of halogens is 1. The van der Waals surface area contributed by atoms with Gasteiger partial charge in [0, 0.05) is 0 Å². The van der Waals surface area contributed by atoms with E-state index < -0.39 is 0 Å². The molecule has 0 radical (unpaired) electrons. The first-order valence-corrected chi connectivity index (χ1v) is 9.59. The van der Waals surface area contributed by atoms with Crippen molar-refractivity contribution in [3.8, 4) is 0 Å². The highest BCUT2D eigenvalue weighted by atomic mass is 35.5. The summed E-state index contributed by atoms with van der Waals surface area (Å²) in [6.07, 6.45) is 15.6. The van der Waals surface area contributed by atoms with Crippen molar-refractivity contribution in [1.82, 2.24) is 0 Å². The van der Waals surface area contributed by atoms with Gasteiger partial charge in [0.1, 0.15) is 0 Å². The van der Waals surface area contributed by atoms with Gasteiger partial charge in [-0.05, 0) is 32.1 Å². The Bertz CT molecular complexity index is 177. The van der Waals surface area contributed by atoms with Crippen LogP contribution in [0.4, 0.5) is 0 Å². The van der Waals surface area contributed by atoms with Crippen molar-refractivity contribution in [2.75, 3.05) is 26.2 Å². The van der Waals surface area contributed by atoms with Crippen LogP contribution in [0.3, 0.4) is 0 Å². The molecule has 0 spiro atoms. The van der Waals surface area contributed by atoms with Crippen LogP contribution in [-0.4, -0.2) is 30.7 Å². The van der Waals surface area contributed by atoms with Crippen LogP contribution in [0, 0.1) is 0 Å². The molecule has 0 N–H and O–H groups in total. The van der Waals surface area contributed by atoms with Crippen molar-refractivity contribution in [2.24, 2.45) is 0 Å². The molecule has 0 aromatic carbocycles. The maximum absolute atomic E-state index is 2.35. The summed E-state index contributed by atoms with van der Waals surface area (Å²) in [7, 11) is 0. The van der Waals surface area contributed by atoms with Gasteiger partial charge < -0.3 is 16.9 Å². The first kappa shape index (κ1) is 23.5. The van der Waals surface area contributed by atoms with E-state index in [1.54, 1.807) is 0 Å². The Kier molecular flexibility index (Phi) is 18.6. The predicted molar refractivity (Wildman–Crippen MR) is 93.2 cm³/mol. The third-order valence-electron chi connectivity index (χ3n) is 4.58. The minimum absolute atomic E-state index is 0. The monoisotopic (exact) mass is 319 g/mol. The molecule has 0 rings (SSSR count). The molecule has 0 bridgehead atoms. The quantitative estimate of drug-likeness (QED) is 0.321. The minimum Gasteiger partial charge on any atom is -1.00 e. The van der Waals surface area contributed by atoms with Crippen LogP contribution in [-0.2, 0) is 0 Å². The molecule has 0 aliphatic heterocycles. The molecule has 2 heteroatoms. The average Bonchev–Trinajstić information content (AvgIpc) is 2.43. The van der Waals surface area contributed by atoms with E-state index in [0.29, 0.717) is 0 Å². The first-order valence-electron chi connectivity index (χ1n) is 9.59. The van der Waals surface area contributed by atoms with Gasteiger partial charge in [-0.2, -0.15) is 0 Å². The van der Waals surface area contributed by atoms with Crippen LogP contribution in [0.15, 0.2) is 0 Å². The van der Waals surface area contributed by atoms with Crippen molar-refractivity contribution in [1.29, 1.82) is 0 Å². The van der Waals surface area contributed by atoms with Crippen molar-refractivity contribution in [2.45, 2.75) is 98.3 Å². The molecule has 1 nitrogen and oxygen atoms in total. The maximum atomic E-state index is 2.35. The topological polar surface area (TPSA) is 0 Å². The van der Waals surface area contributed by atoms with Crippen molar-refractivity contribution < 1.29 is 16.9 Å². The van der Waals surface area contributed by atoms with E-state index in [1.807, 2.05) is 0 Å². The van der Waals surface area contributed by atoms with Gasteiger partial charge in [0.05, 0.1) is 26.2 Å². The smallest absolute Gasteiger partial charge is 0.0786 e.